The van der Waals surface area contributed by atoms with Gasteiger partial charge in [-0.3, -0.25) is 0 Å². The van der Waals surface area contributed by atoms with Gasteiger partial charge in [-0.05, 0) is 18.8 Å². The lowest BCUT2D eigenvalue weighted by Gasteiger charge is -2.38. The summed E-state index contributed by atoms with van der Waals surface area (Å²) in [6.45, 7) is 4.66. The Morgan fingerprint density at radius 1 is 1.10 bits per heavy atom. The first-order valence-electron chi connectivity index (χ1n) is 7.62. The molecule has 1 saturated carbocycles. The highest BCUT2D eigenvalue weighted by Crippen LogP contribution is 2.58. The van der Waals surface area contributed by atoms with E-state index in [1.165, 1.54) is 29.5 Å². The zero-order valence-corrected chi connectivity index (χ0v) is 13.6. The monoisotopic (exact) mass is 288 g/mol. The molecule has 21 heavy (non-hydrogen) atoms. The first kappa shape index (κ1) is 14.3. The van der Waals surface area contributed by atoms with Crippen molar-refractivity contribution in [1.29, 1.82) is 0 Å². The Morgan fingerprint density at radius 2 is 1.81 bits per heavy atom. The van der Waals surface area contributed by atoms with Gasteiger partial charge in [0, 0.05) is 22.6 Å². The quantitative estimate of drug-likeness (QED) is 0.834. The van der Waals surface area contributed by atoms with Gasteiger partial charge in [-0.25, -0.2) is 0 Å². The van der Waals surface area contributed by atoms with Crippen LogP contribution in [-0.4, -0.2) is 21.3 Å². The molecule has 114 valence electrons. The van der Waals surface area contributed by atoms with E-state index in [2.05, 4.69) is 19.9 Å². The number of hydrogen-bond donors (Lipinski definition) is 0. The molecule has 0 aliphatic heterocycles. The summed E-state index contributed by atoms with van der Waals surface area (Å²) in [7, 11) is 5.12. The lowest BCUT2D eigenvalue weighted by molar-refractivity contribution is 0.320. The normalized spacial score (nSPS) is 26.7. The molecule has 0 N–H and O–H groups in total. The van der Waals surface area contributed by atoms with Crippen LogP contribution in [0.5, 0.6) is 17.2 Å². The molecule has 2 atom stereocenters. The number of hydrogen-bond acceptors (Lipinski definition) is 3. The lowest BCUT2D eigenvalue weighted by Crippen LogP contribution is -2.30. The highest BCUT2D eigenvalue weighted by atomic mass is 16.5. The minimum atomic E-state index is 0.0418. The van der Waals surface area contributed by atoms with Crippen molar-refractivity contribution in [3.05, 3.63) is 22.8 Å². The zero-order chi connectivity index (χ0) is 15.2. The Labute approximate surface area is 126 Å². The van der Waals surface area contributed by atoms with Crippen LogP contribution in [-0.2, 0) is 5.41 Å². The van der Waals surface area contributed by atoms with Gasteiger partial charge >= 0.3 is 0 Å². The molecule has 3 nitrogen and oxygen atoms in total. The van der Waals surface area contributed by atoms with E-state index in [1.54, 1.807) is 21.3 Å². The molecule has 3 heteroatoms. The van der Waals surface area contributed by atoms with Crippen LogP contribution in [0.1, 0.15) is 44.2 Å². The number of rotatable bonds is 3. The van der Waals surface area contributed by atoms with E-state index in [-0.39, 0.29) is 5.41 Å². The predicted molar refractivity (Wildman–Crippen MR) is 84.4 cm³/mol. The molecule has 0 radical (unpaired) electrons. The van der Waals surface area contributed by atoms with Gasteiger partial charge in [0.05, 0.1) is 21.3 Å². The highest BCUT2D eigenvalue weighted by Gasteiger charge is 2.45. The average Bonchev–Trinajstić information content (AvgIpc) is 2.80. The summed E-state index contributed by atoms with van der Waals surface area (Å²) in [4.78, 5) is 0. The third kappa shape index (κ3) is 1.86. The Bertz CT molecular complexity index is 603. The number of benzene rings is 1. The van der Waals surface area contributed by atoms with Gasteiger partial charge in [0.25, 0.3) is 0 Å². The van der Waals surface area contributed by atoms with Crippen LogP contribution in [0.4, 0.5) is 0 Å². The van der Waals surface area contributed by atoms with Crippen molar-refractivity contribution in [3.63, 3.8) is 0 Å². The predicted octanol–water partition coefficient (Wildman–Crippen LogP) is 4.19. The van der Waals surface area contributed by atoms with Crippen LogP contribution in [0.3, 0.4) is 0 Å². The van der Waals surface area contributed by atoms with Crippen molar-refractivity contribution in [1.82, 2.24) is 0 Å². The van der Waals surface area contributed by atoms with Crippen molar-refractivity contribution in [2.45, 2.75) is 38.5 Å². The number of ether oxygens (including phenoxy) is 3. The molecule has 3 rings (SSSR count). The second-order valence-electron chi connectivity index (χ2n) is 6.33. The molecule has 1 fully saturated rings. The summed E-state index contributed by atoms with van der Waals surface area (Å²) in [6.07, 6.45) is 5.98. The second kappa shape index (κ2) is 4.97. The fourth-order valence-corrected chi connectivity index (χ4v) is 4.18. The lowest BCUT2D eigenvalue weighted by atomic mass is 9.66. The van der Waals surface area contributed by atoms with E-state index >= 15 is 0 Å². The van der Waals surface area contributed by atoms with Gasteiger partial charge in [0.15, 0.2) is 11.5 Å². The Hall–Kier alpha value is -1.64. The van der Waals surface area contributed by atoms with Crippen LogP contribution in [0.15, 0.2) is 11.6 Å². The first-order chi connectivity index (χ1) is 10.1. The molecule has 0 saturated heterocycles. The van der Waals surface area contributed by atoms with E-state index in [0.29, 0.717) is 5.92 Å². The van der Waals surface area contributed by atoms with E-state index < -0.39 is 0 Å². The van der Waals surface area contributed by atoms with Crippen LogP contribution in [0.25, 0.3) is 6.08 Å². The van der Waals surface area contributed by atoms with Gasteiger partial charge < -0.3 is 14.2 Å². The molecular weight excluding hydrogens is 264 g/mol. The molecule has 2 aliphatic carbocycles. The summed E-state index contributed by atoms with van der Waals surface area (Å²) in [6, 6.07) is 1.93. The maximum atomic E-state index is 5.71. The smallest absolute Gasteiger partial charge is 0.165 e. The Morgan fingerprint density at radius 3 is 2.43 bits per heavy atom. The van der Waals surface area contributed by atoms with Crippen molar-refractivity contribution < 1.29 is 14.2 Å². The summed E-state index contributed by atoms with van der Waals surface area (Å²) in [5.41, 5.74) is 3.96. The molecule has 1 aromatic carbocycles. The van der Waals surface area contributed by atoms with Crippen molar-refractivity contribution in [3.8, 4) is 17.2 Å². The van der Waals surface area contributed by atoms with Crippen LogP contribution >= 0.6 is 0 Å². The van der Waals surface area contributed by atoms with E-state index in [4.69, 9.17) is 14.2 Å². The number of methoxy groups -OCH3 is 3. The first-order valence-corrected chi connectivity index (χ1v) is 7.62. The van der Waals surface area contributed by atoms with Gasteiger partial charge in [0.1, 0.15) is 5.75 Å². The Balaban J connectivity index is 2.29. The molecule has 0 heterocycles. The third-order valence-electron chi connectivity index (χ3n) is 5.23. The summed E-state index contributed by atoms with van der Waals surface area (Å²) in [5, 5.41) is 0. The Kier molecular flexibility index (Phi) is 3.39. The second-order valence-corrected chi connectivity index (χ2v) is 6.33. The average molecular weight is 288 g/mol. The summed E-state index contributed by atoms with van der Waals surface area (Å²) in [5.74, 6) is 3.09. The molecule has 0 unspecified atom stereocenters. The number of fused-ring (bicyclic) bond motifs is 3. The molecule has 0 aromatic heterocycles. The van der Waals surface area contributed by atoms with E-state index in [9.17, 15) is 0 Å². The highest BCUT2D eigenvalue weighted by molar-refractivity contribution is 5.79. The van der Waals surface area contributed by atoms with Crippen LogP contribution in [0, 0.1) is 5.92 Å². The van der Waals surface area contributed by atoms with Gasteiger partial charge in [-0.1, -0.05) is 31.9 Å². The SMILES string of the molecule is COc1cc(OC)c(OC)c2c1C=C1[C@@H](C)CCC[C@@]12C. The largest absolute Gasteiger partial charge is 0.496 e. The topological polar surface area (TPSA) is 27.7 Å². The van der Waals surface area contributed by atoms with Crippen LogP contribution in [0.2, 0.25) is 0 Å². The fraction of sp³-hybridized carbons (Fsp3) is 0.556. The van der Waals surface area contributed by atoms with Gasteiger partial charge in [0.2, 0.25) is 0 Å². The molecule has 0 spiro atoms. The molecular formula is C18H24O3. The maximum Gasteiger partial charge on any atom is 0.165 e. The molecule has 0 amide bonds. The van der Waals surface area contributed by atoms with Crippen molar-refractivity contribution in [2.75, 3.05) is 21.3 Å². The number of allylic oxidation sites excluding steroid dienone is 1. The fourth-order valence-electron chi connectivity index (χ4n) is 4.18. The molecule has 2 aliphatic rings. The molecule has 1 aromatic rings. The van der Waals surface area contributed by atoms with Crippen molar-refractivity contribution >= 4 is 6.08 Å². The zero-order valence-electron chi connectivity index (χ0n) is 13.6. The standard InChI is InChI=1S/C18H24O3/c1-11-7-6-8-18(2)13(11)9-12-14(19-3)10-15(20-4)17(21-5)16(12)18/h9-11H,6-8H2,1-5H3/t11-,18-/m0/s1. The third-order valence-corrected chi connectivity index (χ3v) is 5.23. The van der Waals surface area contributed by atoms with Gasteiger partial charge in [-0.2, -0.15) is 0 Å². The van der Waals surface area contributed by atoms with E-state index in [0.717, 1.165) is 23.7 Å². The van der Waals surface area contributed by atoms with Gasteiger partial charge in [-0.15, -0.1) is 0 Å². The van der Waals surface area contributed by atoms with Crippen LogP contribution < -0.4 is 14.2 Å². The van der Waals surface area contributed by atoms with E-state index in [1.807, 2.05) is 6.07 Å². The minimum Gasteiger partial charge on any atom is -0.496 e. The summed E-state index contributed by atoms with van der Waals surface area (Å²) < 4.78 is 16.8. The minimum absolute atomic E-state index is 0.0418. The summed E-state index contributed by atoms with van der Waals surface area (Å²) >= 11 is 0. The van der Waals surface area contributed by atoms with Crippen molar-refractivity contribution in [2.24, 2.45) is 5.92 Å². The maximum absolute atomic E-state index is 5.71. The molecule has 0 bridgehead atoms.